The van der Waals surface area contributed by atoms with Crippen molar-refractivity contribution in [3.8, 4) is 0 Å². The minimum absolute atomic E-state index is 0.148. The lowest BCUT2D eigenvalue weighted by molar-refractivity contribution is 0.0950. The zero-order valence-corrected chi connectivity index (χ0v) is 15.9. The van der Waals surface area contributed by atoms with Crippen LogP contribution in [-0.4, -0.2) is 25.5 Å². The minimum Gasteiger partial charge on any atom is -0.346 e. The van der Waals surface area contributed by atoms with Crippen molar-refractivity contribution >= 4 is 17.5 Å². The molecule has 26 heavy (non-hydrogen) atoms. The third-order valence-electron chi connectivity index (χ3n) is 4.18. The van der Waals surface area contributed by atoms with Crippen molar-refractivity contribution < 1.29 is 4.79 Å². The first-order chi connectivity index (χ1) is 12.5. The molecule has 2 aromatic heterocycles. The molecule has 7 heteroatoms. The highest BCUT2D eigenvalue weighted by molar-refractivity contribution is 6.31. The first kappa shape index (κ1) is 18.2. The number of nitrogens with one attached hydrogen (secondary N) is 1. The van der Waals surface area contributed by atoms with Gasteiger partial charge in [0.05, 0.1) is 23.8 Å². The van der Waals surface area contributed by atoms with Crippen molar-refractivity contribution in [2.45, 2.75) is 40.4 Å². The Balaban J connectivity index is 1.61. The molecule has 3 aromatic rings. The average molecular weight is 372 g/mol. The number of aromatic nitrogens is 4. The van der Waals surface area contributed by atoms with Crippen LogP contribution in [0.2, 0.25) is 5.02 Å². The van der Waals surface area contributed by atoms with Crippen LogP contribution in [-0.2, 0) is 19.6 Å². The molecule has 0 aliphatic heterocycles. The van der Waals surface area contributed by atoms with Crippen LogP contribution in [0.1, 0.15) is 39.9 Å². The number of amides is 1. The third-order valence-corrected chi connectivity index (χ3v) is 4.50. The third kappa shape index (κ3) is 4.14. The normalized spacial score (nSPS) is 10.9. The second-order valence-electron chi connectivity index (χ2n) is 6.24. The molecule has 0 aliphatic rings. The second kappa shape index (κ2) is 7.74. The van der Waals surface area contributed by atoms with E-state index in [0.717, 1.165) is 23.5 Å². The van der Waals surface area contributed by atoms with Crippen molar-refractivity contribution in [1.29, 1.82) is 0 Å². The lowest BCUT2D eigenvalue weighted by Crippen LogP contribution is -2.23. The smallest absolute Gasteiger partial charge is 0.251 e. The Kier molecular flexibility index (Phi) is 5.42. The molecular weight excluding hydrogens is 350 g/mol. The van der Waals surface area contributed by atoms with E-state index in [2.05, 4.69) is 15.5 Å². The van der Waals surface area contributed by atoms with Crippen LogP contribution in [0.15, 0.2) is 36.5 Å². The van der Waals surface area contributed by atoms with Gasteiger partial charge in [-0.1, -0.05) is 23.7 Å². The van der Waals surface area contributed by atoms with E-state index < -0.39 is 0 Å². The maximum atomic E-state index is 12.3. The van der Waals surface area contributed by atoms with Crippen LogP contribution >= 0.6 is 11.6 Å². The maximum absolute atomic E-state index is 12.3. The monoisotopic (exact) mass is 371 g/mol. The molecule has 0 aliphatic carbocycles. The molecule has 0 spiro atoms. The average Bonchev–Trinajstić information content (AvgIpc) is 3.14. The molecule has 2 heterocycles. The molecular formula is C19H22ClN5O. The van der Waals surface area contributed by atoms with Crippen LogP contribution in [0.4, 0.5) is 0 Å². The van der Waals surface area contributed by atoms with E-state index >= 15 is 0 Å². The number of nitrogens with zero attached hydrogens (tertiary/aromatic N) is 4. The largest absolute Gasteiger partial charge is 0.346 e. The van der Waals surface area contributed by atoms with Gasteiger partial charge in [-0.25, -0.2) is 0 Å². The molecule has 0 bridgehead atoms. The van der Waals surface area contributed by atoms with Gasteiger partial charge in [-0.3, -0.25) is 14.2 Å². The SMILES string of the molecule is CCn1cc(Cl)c(CNC(=O)c2ccc(Cn3nc(C)cc3C)cc2)n1. The van der Waals surface area contributed by atoms with E-state index in [0.29, 0.717) is 29.4 Å². The topological polar surface area (TPSA) is 64.7 Å². The highest BCUT2D eigenvalue weighted by atomic mass is 35.5. The summed E-state index contributed by atoms with van der Waals surface area (Å²) in [5.41, 5.74) is 4.49. The van der Waals surface area contributed by atoms with Gasteiger partial charge in [0.15, 0.2) is 0 Å². The predicted octanol–water partition coefficient (Wildman–Crippen LogP) is 3.35. The number of carbonyl (C=O) groups excluding carboxylic acids is 1. The summed E-state index contributed by atoms with van der Waals surface area (Å²) >= 11 is 6.12. The molecule has 6 nitrogen and oxygen atoms in total. The van der Waals surface area contributed by atoms with Crippen molar-refractivity contribution in [2.24, 2.45) is 0 Å². The molecule has 1 N–H and O–H groups in total. The van der Waals surface area contributed by atoms with Crippen molar-refractivity contribution in [3.63, 3.8) is 0 Å². The summed E-state index contributed by atoms with van der Waals surface area (Å²) in [5, 5.41) is 12.2. The molecule has 0 unspecified atom stereocenters. The van der Waals surface area contributed by atoms with Gasteiger partial charge in [-0.2, -0.15) is 10.2 Å². The van der Waals surface area contributed by atoms with E-state index in [1.54, 1.807) is 10.9 Å². The lowest BCUT2D eigenvalue weighted by atomic mass is 10.1. The van der Waals surface area contributed by atoms with E-state index in [1.165, 1.54) is 0 Å². The van der Waals surface area contributed by atoms with Crippen LogP contribution in [0.5, 0.6) is 0 Å². The van der Waals surface area contributed by atoms with Gasteiger partial charge in [0.1, 0.15) is 5.69 Å². The van der Waals surface area contributed by atoms with Crippen molar-refractivity contribution in [3.05, 3.63) is 69.8 Å². The number of rotatable bonds is 6. The first-order valence-electron chi connectivity index (χ1n) is 8.56. The number of hydrogen-bond donors (Lipinski definition) is 1. The molecule has 0 saturated heterocycles. The molecule has 0 fully saturated rings. The summed E-state index contributed by atoms with van der Waals surface area (Å²) in [4.78, 5) is 12.3. The molecule has 1 aromatic carbocycles. The Labute approximate surface area is 157 Å². The van der Waals surface area contributed by atoms with E-state index in [9.17, 15) is 4.79 Å². The Morgan fingerprint density at radius 3 is 2.50 bits per heavy atom. The van der Waals surface area contributed by atoms with Crippen LogP contribution < -0.4 is 5.32 Å². The fourth-order valence-corrected chi connectivity index (χ4v) is 2.97. The summed E-state index contributed by atoms with van der Waals surface area (Å²) in [6, 6.07) is 9.59. The van der Waals surface area contributed by atoms with E-state index in [1.807, 2.05) is 55.8 Å². The lowest BCUT2D eigenvalue weighted by Gasteiger charge is -2.07. The summed E-state index contributed by atoms with van der Waals surface area (Å²) in [6.07, 6.45) is 1.76. The molecule has 136 valence electrons. The quantitative estimate of drug-likeness (QED) is 0.722. The number of aryl methyl sites for hydroxylation is 3. The zero-order valence-electron chi connectivity index (χ0n) is 15.2. The Bertz CT molecular complexity index is 911. The number of hydrogen-bond acceptors (Lipinski definition) is 3. The molecule has 3 rings (SSSR count). The summed E-state index contributed by atoms with van der Waals surface area (Å²) < 4.78 is 3.70. The highest BCUT2D eigenvalue weighted by Crippen LogP contribution is 2.14. The van der Waals surface area contributed by atoms with Crippen molar-refractivity contribution in [1.82, 2.24) is 24.9 Å². The van der Waals surface area contributed by atoms with Gasteiger partial charge < -0.3 is 5.32 Å². The molecule has 0 saturated carbocycles. The number of benzene rings is 1. The summed E-state index contributed by atoms with van der Waals surface area (Å²) in [7, 11) is 0. The second-order valence-corrected chi connectivity index (χ2v) is 6.65. The Hall–Kier alpha value is -2.60. The van der Waals surface area contributed by atoms with E-state index in [-0.39, 0.29) is 5.91 Å². The standard InChI is InChI=1S/C19H22ClN5O/c1-4-24-12-17(20)18(23-24)10-21-19(26)16-7-5-15(6-8-16)11-25-14(3)9-13(2)22-25/h5-9,12H,4,10-11H2,1-3H3,(H,21,26). The highest BCUT2D eigenvalue weighted by Gasteiger charge is 2.10. The van der Waals surface area contributed by atoms with Gasteiger partial charge in [0.25, 0.3) is 5.91 Å². The van der Waals surface area contributed by atoms with Gasteiger partial charge in [0, 0.05) is 24.0 Å². The van der Waals surface area contributed by atoms with Gasteiger partial charge in [-0.05, 0) is 44.5 Å². The fraction of sp³-hybridized carbons (Fsp3) is 0.316. The molecule has 1 amide bonds. The van der Waals surface area contributed by atoms with Crippen LogP contribution in [0, 0.1) is 13.8 Å². The van der Waals surface area contributed by atoms with E-state index in [4.69, 9.17) is 11.6 Å². The summed E-state index contributed by atoms with van der Waals surface area (Å²) in [5.74, 6) is -0.148. The predicted molar refractivity (Wildman–Crippen MR) is 101 cm³/mol. The molecule has 0 radical (unpaired) electrons. The number of carbonyl (C=O) groups is 1. The van der Waals surface area contributed by atoms with Crippen molar-refractivity contribution in [2.75, 3.05) is 0 Å². The summed E-state index contributed by atoms with van der Waals surface area (Å²) in [6.45, 7) is 7.73. The van der Waals surface area contributed by atoms with Crippen LogP contribution in [0.3, 0.4) is 0 Å². The van der Waals surface area contributed by atoms with Gasteiger partial charge in [0.2, 0.25) is 0 Å². The van der Waals surface area contributed by atoms with Gasteiger partial charge in [-0.15, -0.1) is 0 Å². The first-order valence-corrected chi connectivity index (χ1v) is 8.94. The Morgan fingerprint density at radius 2 is 1.92 bits per heavy atom. The fourth-order valence-electron chi connectivity index (χ4n) is 2.75. The molecule has 0 atom stereocenters. The van der Waals surface area contributed by atoms with Gasteiger partial charge >= 0.3 is 0 Å². The maximum Gasteiger partial charge on any atom is 0.251 e. The minimum atomic E-state index is -0.148. The zero-order chi connectivity index (χ0) is 18.7. The Morgan fingerprint density at radius 1 is 1.19 bits per heavy atom. The number of halogens is 1. The van der Waals surface area contributed by atoms with Crippen LogP contribution in [0.25, 0.3) is 0 Å².